The lowest BCUT2D eigenvalue weighted by molar-refractivity contribution is -0.242. The molecule has 0 bridgehead atoms. The summed E-state index contributed by atoms with van der Waals surface area (Å²) < 4.78 is 0. The smallest absolute Gasteiger partial charge is 0.0737 e. The molecule has 0 aromatic carbocycles. The van der Waals surface area contributed by atoms with Crippen LogP contribution in [0, 0.1) is 34.5 Å². The number of aliphatic hydroxyl groups is 2. The zero-order chi connectivity index (χ0) is 16.2. The molecule has 0 heterocycles. The van der Waals surface area contributed by atoms with Crippen molar-refractivity contribution in [2.75, 3.05) is 6.61 Å². The average Bonchev–Trinajstić information content (AvgIpc) is 2.47. The van der Waals surface area contributed by atoms with Crippen LogP contribution in [-0.4, -0.2) is 22.4 Å². The number of aliphatic hydroxyl groups excluding tert-OH is 1. The maximum atomic E-state index is 11.8. The molecule has 3 aliphatic carbocycles. The van der Waals surface area contributed by atoms with Crippen LogP contribution in [0.5, 0.6) is 0 Å². The molecule has 0 amide bonds. The van der Waals surface area contributed by atoms with E-state index in [0.717, 1.165) is 37.5 Å². The minimum Gasteiger partial charge on any atom is -0.396 e. The molecule has 0 saturated heterocycles. The van der Waals surface area contributed by atoms with E-state index < -0.39 is 5.60 Å². The molecule has 3 aliphatic rings. The van der Waals surface area contributed by atoms with Crippen LogP contribution >= 0.6 is 0 Å². The van der Waals surface area contributed by atoms with Crippen LogP contribution in [0.1, 0.15) is 79.1 Å². The van der Waals surface area contributed by atoms with Crippen LogP contribution in [0.4, 0.5) is 0 Å². The van der Waals surface area contributed by atoms with Gasteiger partial charge in [0.2, 0.25) is 0 Å². The highest BCUT2D eigenvalue weighted by atomic mass is 16.3. The lowest BCUT2D eigenvalue weighted by atomic mass is 9.42. The number of hydrogen-bond acceptors (Lipinski definition) is 2. The summed E-state index contributed by atoms with van der Waals surface area (Å²) in [6, 6.07) is 0. The summed E-state index contributed by atoms with van der Waals surface area (Å²) in [6.45, 7) is 9.54. The Morgan fingerprint density at radius 1 is 1.05 bits per heavy atom. The average molecular weight is 309 g/mol. The Balaban J connectivity index is 1.91. The third-order valence-corrected chi connectivity index (χ3v) is 8.34. The molecule has 2 heteroatoms. The second-order valence-electron chi connectivity index (χ2n) is 9.61. The van der Waals surface area contributed by atoms with E-state index in [-0.39, 0.29) is 23.4 Å². The fourth-order valence-corrected chi connectivity index (χ4v) is 6.56. The van der Waals surface area contributed by atoms with Crippen LogP contribution in [0.2, 0.25) is 0 Å². The highest BCUT2D eigenvalue weighted by Gasteiger charge is 2.64. The summed E-state index contributed by atoms with van der Waals surface area (Å²) in [7, 11) is 0. The van der Waals surface area contributed by atoms with E-state index in [0.29, 0.717) is 5.92 Å². The van der Waals surface area contributed by atoms with Gasteiger partial charge in [-0.25, -0.2) is 0 Å². The van der Waals surface area contributed by atoms with Crippen molar-refractivity contribution in [1.82, 2.24) is 0 Å². The predicted octanol–water partition coefficient (Wildman–Crippen LogP) is 4.39. The summed E-state index contributed by atoms with van der Waals surface area (Å²) >= 11 is 0. The highest BCUT2D eigenvalue weighted by molar-refractivity contribution is 5.14. The number of rotatable bonds is 2. The van der Waals surface area contributed by atoms with Crippen LogP contribution in [0.15, 0.2) is 0 Å². The predicted molar refractivity (Wildman–Crippen MR) is 90.5 cm³/mol. The van der Waals surface area contributed by atoms with E-state index >= 15 is 0 Å². The first-order chi connectivity index (χ1) is 10.3. The third-order valence-electron chi connectivity index (χ3n) is 8.34. The molecular formula is C20H36O2. The topological polar surface area (TPSA) is 40.5 Å². The standard InChI is InChI=1S/C20H36O2/c1-14(2)15-8-11-19(4)16(12-15)6-7-17-18(3,13-21)9-5-10-20(17,19)22/h14-17,21-22H,5-13H2,1-4H3/t15-,16?,17?,18-,19-,20-/m0/s1. The van der Waals surface area contributed by atoms with E-state index in [1.807, 2.05) is 0 Å². The molecule has 6 atom stereocenters. The summed E-state index contributed by atoms with van der Waals surface area (Å²) in [5, 5.41) is 21.8. The Kier molecular flexibility index (Phi) is 4.18. The maximum absolute atomic E-state index is 11.8. The minimum atomic E-state index is -0.548. The summed E-state index contributed by atoms with van der Waals surface area (Å²) in [5.41, 5.74) is -0.554. The Morgan fingerprint density at radius 3 is 2.41 bits per heavy atom. The van der Waals surface area contributed by atoms with Gasteiger partial charge in [-0.15, -0.1) is 0 Å². The normalized spacial score (nSPS) is 52.2. The van der Waals surface area contributed by atoms with Crippen molar-refractivity contribution in [3.05, 3.63) is 0 Å². The Labute approximate surface area is 136 Å². The van der Waals surface area contributed by atoms with E-state index in [1.165, 1.54) is 25.7 Å². The lowest BCUT2D eigenvalue weighted by Gasteiger charge is -2.65. The Bertz CT molecular complexity index is 420. The van der Waals surface area contributed by atoms with Crippen molar-refractivity contribution in [2.45, 2.75) is 84.7 Å². The van der Waals surface area contributed by atoms with Gasteiger partial charge in [-0.3, -0.25) is 0 Å². The molecule has 0 radical (unpaired) electrons. The molecule has 0 spiro atoms. The van der Waals surface area contributed by atoms with Gasteiger partial charge in [-0.05, 0) is 85.9 Å². The van der Waals surface area contributed by atoms with Crippen molar-refractivity contribution in [1.29, 1.82) is 0 Å². The van der Waals surface area contributed by atoms with Crippen LogP contribution < -0.4 is 0 Å². The van der Waals surface area contributed by atoms with Gasteiger partial charge in [0.25, 0.3) is 0 Å². The summed E-state index contributed by atoms with van der Waals surface area (Å²) in [6.07, 6.45) is 9.21. The molecule has 3 rings (SSSR count). The number of hydrogen-bond donors (Lipinski definition) is 2. The zero-order valence-electron chi connectivity index (χ0n) is 15.1. The van der Waals surface area contributed by atoms with Gasteiger partial charge in [0, 0.05) is 6.61 Å². The largest absolute Gasteiger partial charge is 0.396 e. The van der Waals surface area contributed by atoms with Crippen molar-refractivity contribution >= 4 is 0 Å². The molecule has 128 valence electrons. The van der Waals surface area contributed by atoms with Crippen molar-refractivity contribution in [2.24, 2.45) is 34.5 Å². The molecule has 22 heavy (non-hydrogen) atoms. The van der Waals surface area contributed by atoms with Gasteiger partial charge in [-0.1, -0.05) is 27.7 Å². The zero-order valence-corrected chi connectivity index (χ0v) is 15.1. The van der Waals surface area contributed by atoms with Crippen LogP contribution in [0.25, 0.3) is 0 Å². The molecule has 3 fully saturated rings. The van der Waals surface area contributed by atoms with Crippen LogP contribution in [-0.2, 0) is 0 Å². The van der Waals surface area contributed by atoms with Gasteiger partial charge in [-0.2, -0.15) is 0 Å². The molecular weight excluding hydrogens is 272 g/mol. The van der Waals surface area contributed by atoms with Crippen molar-refractivity contribution in [3.63, 3.8) is 0 Å². The second-order valence-corrected chi connectivity index (χ2v) is 9.61. The maximum Gasteiger partial charge on any atom is 0.0737 e. The molecule has 0 aliphatic heterocycles. The van der Waals surface area contributed by atoms with Crippen LogP contribution in [0.3, 0.4) is 0 Å². The molecule has 2 N–H and O–H groups in total. The lowest BCUT2D eigenvalue weighted by Crippen LogP contribution is -2.65. The molecule has 0 aromatic rings. The number of fused-ring (bicyclic) bond motifs is 3. The monoisotopic (exact) mass is 308 g/mol. The Morgan fingerprint density at radius 2 is 1.77 bits per heavy atom. The summed E-state index contributed by atoms with van der Waals surface area (Å²) in [4.78, 5) is 0. The van der Waals surface area contributed by atoms with Crippen molar-refractivity contribution in [3.8, 4) is 0 Å². The Hall–Kier alpha value is -0.0800. The summed E-state index contributed by atoms with van der Waals surface area (Å²) in [5.74, 6) is 2.57. The van der Waals surface area contributed by atoms with E-state index in [1.54, 1.807) is 0 Å². The van der Waals surface area contributed by atoms with Gasteiger partial charge >= 0.3 is 0 Å². The molecule has 2 nitrogen and oxygen atoms in total. The van der Waals surface area contributed by atoms with E-state index in [2.05, 4.69) is 27.7 Å². The molecule has 2 unspecified atom stereocenters. The van der Waals surface area contributed by atoms with Crippen molar-refractivity contribution < 1.29 is 10.2 Å². The third kappa shape index (κ3) is 2.20. The first kappa shape index (κ1) is 16.8. The van der Waals surface area contributed by atoms with E-state index in [9.17, 15) is 10.2 Å². The van der Waals surface area contributed by atoms with Gasteiger partial charge < -0.3 is 10.2 Å². The minimum absolute atomic E-state index is 0.0676. The second kappa shape index (κ2) is 5.48. The fraction of sp³-hybridized carbons (Fsp3) is 1.00. The molecule has 3 saturated carbocycles. The highest BCUT2D eigenvalue weighted by Crippen LogP contribution is 2.65. The van der Waals surface area contributed by atoms with Gasteiger partial charge in [0.05, 0.1) is 5.60 Å². The van der Waals surface area contributed by atoms with Gasteiger partial charge in [0.15, 0.2) is 0 Å². The first-order valence-electron chi connectivity index (χ1n) is 9.60. The quantitative estimate of drug-likeness (QED) is 0.794. The van der Waals surface area contributed by atoms with E-state index in [4.69, 9.17) is 0 Å². The SMILES string of the molecule is CC(C)[C@H]1CC[C@@]2(C)C(CCC3[C@](C)(CO)CCC[C@]32O)C1. The fourth-order valence-electron chi connectivity index (χ4n) is 6.56. The first-order valence-corrected chi connectivity index (χ1v) is 9.60. The van der Waals surface area contributed by atoms with Gasteiger partial charge in [0.1, 0.15) is 0 Å². The molecule has 0 aromatic heterocycles.